The number of nitriles is 1. The Morgan fingerprint density at radius 1 is 0.750 bits per heavy atom. The Labute approximate surface area is 210 Å². The first-order valence-electron chi connectivity index (χ1n) is 11.7. The van der Waals surface area contributed by atoms with Gasteiger partial charge in [0, 0.05) is 12.8 Å². The maximum Gasteiger partial charge on any atom is 0.326 e. The van der Waals surface area contributed by atoms with Gasteiger partial charge in [-0.3, -0.25) is 4.79 Å². The van der Waals surface area contributed by atoms with Crippen LogP contribution >= 0.6 is 0 Å². The number of aliphatic carboxylic acids is 1. The van der Waals surface area contributed by atoms with Crippen LogP contribution in [0.25, 0.3) is 0 Å². The zero-order chi connectivity index (χ0) is 25.4. The van der Waals surface area contributed by atoms with Crippen LogP contribution in [-0.2, 0) is 21.4 Å². The summed E-state index contributed by atoms with van der Waals surface area (Å²) in [7, 11) is 0. The van der Waals surface area contributed by atoms with E-state index >= 15 is 0 Å². The van der Waals surface area contributed by atoms with E-state index in [1.807, 2.05) is 97.1 Å². The smallest absolute Gasteiger partial charge is 0.326 e. The van der Waals surface area contributed by atoms with E-state index in [2.05, 4.69) is 5.32 Å². The van der Waals surface area contributed by atoms with Crippen molar-refractivity contribution in [2.45, 2.75) is 24.3 Å². The third-order valence-corrected chi connectivity index (χ3v) is 6.38. The predicted octanol–water partition coefficient (Wildman–Crippen LogP) is 5.09. The second-order valence-electron chi connectivity index (χ2n) is 8.65. The van der Waals surface area contributed by atoms with E-state index in [0.717, 1.165) is 22.3 Å². The van der Waals surface area contributed by atoms with Crippen LogP contribution in [0.2, 0.25) is 0 Å². The first-order valence-corrected chi connectivity index (χ1v) is 11.7. The molecule has 36 heavy (non-hydrogen) atoms. The number of rotatable bonds is 9. The van der Waals surface area contributed by atoms with E-state index in [0.29, 0.717) is 5.56 Å². The average Bonchev–Trinajstić information content (AvgIpc) is 2.93. The highest BCUT2D eigenvalue weighted by Crippen LogP contribution is 2.42. The Morgan fingerprint density at radius 2 is 1.19 bits per heavy atom. The van der Waals surface area contributed by atoms with Gasteiger partial charge < -0.3 is 10.4 Å². The molecule has 0 aliphatic carbocycles. The minimum atomic E-state index is -1.11. The van der Waals surface area contributed by atoms with E-state index in [4.69, 9.17) is 5.26 Å². The van der Waals surface area contributed by atoms with E-state index in [1.165, 1.54) is 0 Å². The van der Waals surface area contributed by atoms with Crippen LogP contribution in [0.15, 0.2) is 115 Å². The molecule has 0 fully saturated rings. The van der Waals surface area contributed by atoms with E-state index in [-0.39, 0.29) is 18.7 Å². The van der Waals surface area contributed by atoms with Crippen molar-refractivity contribution in [2.75, 3.05) is 0 Å². The van der Waals surface area contributed by atoms with Gasteiger partial charge in [0.15, 0.2) is 0 Å². The number of carboxylic acids is 1. The zero-order valence-electron chi connectivity index (χ0n) is 19.7. The molecule has 0 aliphatic heterocycles. The molecule has 0 radical (unpaired) electrons. The Morgan fingerprint density at radius 3 is 1.58 bits per heavy atom. The summed E-state index contributed by atoms with van der Waals surface area (Å²) in [6.07, 6.45) is 0.143. The highest BCUT2D eigenvalue weighted by Gasteiger charge is 2.39. The zero-order valence-corrected chi connectivity index (χ0v) is 19.7. The lowest BCUT2D eigenvalue weighted by atomic mass is 9.67. The molecule has 4 aromatic rings. The molecule has 0 saturated carbocycles. The molecule has 0 spiro atoms. The second-order valence-corrected chi connectivity index (χ2v) is 8.65. The summed E-state index contributed by atoms with van der Waals surface area (Å²) in [5, 5.41) is 21.6. The van der Waals surface area contributed by atoms with Gasteiger partial charge in [0.05, 0.1) is 17.0 Å². The van der Waals surface area contributed by atoms with E-state index in [1.54, 1.807) is 24.3 Å². The molecule has 4 aromatic carbocycles. The average molecular weight is 475 g/mol. The predicted molar refractivity (Wildman–Crippen MR) is 138 cm³/mol. The van der Waals surface area contributed by atoms with Gasteiger partial charge in [0.2, 0.25) is 5.91 Å². The lowest BCUT2D eigenvalue weighted by molar-refractivity contribution is -0.141. The van der Waals surface area contributed by atoms with Crippen molar-refractivity contribution in [3.05, 3.63) is 143 Å². The number of amides is 1. The summed E-state index contributed by atoms with van der Waals surface area (Å²) in [4.78, 5) is 25.6. The Hall–Kier alpha value is -4.69. The van der Waals surface area contributed by atoms with Crippen molar-refractivity contribution in [1.82, 2.24) is 5.32 Å². The summed E-state index contributed by atoms with van der Waals surface area (Å²) >= 11 is 0. The lowest BCUT2D eigenvalue weighted by Gasteiger charge is -2.36. The van der Waals surface area contributed by atoms with Gasteiger partial charge in [-0.15, -0.1) is 0 Å². The van der Waals surface area contributed by atoms with Crippen LogP contribution in [0, 0.1) is 11.3 Å². The minimum Gasteiger partial charge on any atom is -0.480 e. The Balaban J connectivity index is 1.70. The summed E-state index contributed by atoms with van der Waals surface area (Å²) in [6.45, 7) is 0. The number of nitrogens with one attached hydrogen (secondary N) is 1. The highest BCUT2D eigenvalue weighted by molar-refractivity contribution is 5.85. The maximum atomic E-state index is 13.6. The molecular weight excluding hydrogens is 448 g/mol. The SMILES string of the molecule is N#Cc1ccc(C[C@@H](NC(=O)CC(c2ccccc2)(c2ccccc2)c2ccccc2)C(=O)O)cc1. The number of benzene rings is 4. The third-order valence-electron chi connectivity index (χ3n) is 6.38. The quantitative estimate of drug-likeness (QED) is 0.331. The molecule has 1 atom stereocenters. The Bertz CT molecular complexity index is 1250. The van der Waals surface area contributed by atoms with Crippen LogP contribution in [0.1, 0.15) is 34.2 Å². The molecule has 0 heterocycles. The van der Waals surface area contributed by atoms with Crippen LogP contribution in [0.3, 0.4) is 0 Å². The summed E-state index contributed by atoms with van der Waals surface area (Å²) < 4.78 is 0. The number of carbonyl (C=O) groups excluding carboxylic acids is 1. The molecule has 0 unspecified atom stereocenters. The number of carboxylic acid groups (broad SMARTS) is 1. The van der Waals surface area contributed by atoms with Crippen molar-refractivity contribution < 1.29 is 14.7 Å². The standard InChI is InChI=1S/C31H26N2O3/c32-22-24-18-16-23(17-19-24)20-28(30(35)36)33-29(34)21-31(25-10-4-1-5-11-25,26-12-6-2-7-13-26)27-14-8-3-9-15-27/h1-19,28H,20-21H2,(H,33,34)(H,35,36)/t28-/m1/s1. The monoisotopic (exact) mass is 474 g/mol. The largest absolute Gasteiger partial charge is 0.480 e. The topological polar surface area (TPSA) is 90.2 Å². The van der Waals surface area contributed by atoms with Crippen LogP contribution in [0.5, 0.6) is 0 Å². The molecule has 1 amide bonds. The van der Waals surface area contributed by atoms with Gasteiger partial charge in [-0.1, -0.05) is 103 Å². The van der Waals surface area contributed by atoms with Gasteiger partial charge in [-0.2, -0.15) is 5.26 Å². The molecule has 178 valence electrons. The van der Waals surface area contributed by atoms with Crippen LogP contribution in [0.4, 0.5) is 0 Å². The van der Waals surface area contributed by atoms with E-state index < -0.39 is 17.4 Å². The number of hydrogen-bond acceptors (Lipinski definition) is 3. The van der Waals surface area contributed by atoms with Gasteiger partial charge >= 0.3 is 5.97 Å². The second kappa shape index (κ2) is 11.2. The molecule has 5 nitrogen and oxygen atoms in total. The van der Waals surface area contributed by atoms with Crippen molar-refractivity contribution in [3.8, 4) is 6.07 Å². The molecular formula is C31H26N2O3. The fourth-order valence-corrected chi connectivity index (χ4v) is 4.61. The fraction of sp³-hybridized carbons (Fsp3) is 0.129. The highest BCUT2D eigenvalue weighted by atomic mass is 16.4. The first-order chi connectivity index (χ1) is 17.5. The van der Waals surface area contributed by atoms with Crippen LogP contribution in [-0.4, -0.2) is 23.0 Å². The lowest BCUT2D eigenvalue weighted by Crippen LogP contribution is -2.45. The fourth-order valence-electron chi connectivity index (χ4n) is 4.61. The first kappa shape index (κ1) is 24.4. The minimum absolute atomic E-state index is 0.0300. The van der Waals surface area contributed by atoms with Crippen molar-refractivity contribution in [1.29, 1.82) is 5.26 Å². The molecule has 5 heteroatoms. The molecule has 2 N–H and O–H groups in total. The van der Waals surface area contributed by atoms with Gasteiger partial charge in [0.25, 0.3) is 0 Å². The summed E-state index contributed by atoms with van der Waals surface area (Å²) in [5.74, 6) is -1.48. The third kappa shape index (κ3) is 5.34. The van der Waals surface area contributed by atoms with Gasteiger partial charge in [-0.25, -0.2) is 4.79 Å². The maximum absolute atomic E-state index is 13.6. The molecule has 4 rings (SSSR count). The molecule has 0 aromatic heterocycles. The summed E-state index contributed by atoms with van der Waals surface area (Å²) in [5.41, 5.74) is 3.23. The molecule has 0 bridgehead atoms. The van der Waals surface area contributed by atoms with E-state index in [9.17, 15) is 14.7 Å². The van der Waals surface area contributed by atoms with Gasteiger partial charge in [0.1, 0.15) is 6.04 Å². The molecule has 0 saturated heterocycles. The van der Waals surface area contributed by atoms with Gasteiger partial charge in [-0.05, 0) is 34.4 Å². The number of nitrogens with zero attached hydrogens (tertiary/aromatic N) is 1. The Kier molecular flexibility index (Phi) is 7.57. The molecule has 0 aliphatic rings. The summed E-state index contributed by atoms with van der Waals surface area (Å²) in [6, 6.07) is 37.1. The number of carbonyl (C=O) groups is 2. The number of hydrogen-bond donors (Lipinski definition) is 2. The van der Waals surface area contributed by atoms with Crippen molar-refractivity contribution >= 4 is 11.9 Å². The van der Waals surface area contributed by atoms with Crippen LogP contribution < -0.4 is 5.32 Å². The van der Waals surface area contributed by atoms with Crippen molar-refractivity contribution in [2.24, 2.45) is 0 Å². The van der Waals surface area contributed by atoms with Crippen molar-refractivity contribution in [3.63, 3.8) is 0 Å². The normalized spacial score (nSPS) is 11.8.